The molecule has 60 heavy (non-hydrogen) atoms. The molecule has 8 aromatic carbocycles. The third-order valence-corrected chi connectivity index (χ3v) is 13.4. The molecule has 5 heteroatoms. The number of hydrogen-bond donors (Lipinski definition) is 0. The molecule has 5 nitrogen and oxygen atoms in total. The normalized spacial score (nSPS) is 14.5. The van der Waals surface area contributed by atoms with Gasteiger partial charge in [-0.05, 0) is 89.0 Å². The summed E-state index contributed by atoms with van der Waals surface area (Å²) in [6, 6.07) is 60.8. The highest BCUT2D eigenvalue weighted by Crippen LogP contribution is 2.61. The summed E-state index contributed by atoms with van der Waals surface area (Å²) in [7, 11) is 0. The van der Waals surface area contributed by atoms with E-state index in [4.69, 9.17) is 19.4 Å². The van der Waals surface area contributed by atoms with Crippen LogP contribution in [0.2, 0.25) is 0 Å². The molecular formula is C55H38N4O. The van der Waals surface area contributed by atoms with Gasteiger partial charge in [-0.3, -0.25) is 0 Å². The van der Waals surface area contributed by atoms with Crippen LogP contribution in [0, 0.1) is 0 Å². The lowest BCUT2D eigenvalue weighted by atomic mass is 9.66. The lowest BCUT2D eigenvalue weighted by molar-refractivity contribution is 0.355. The highest BCUT2D eigenvalue weighted by molar-refractivity contribution is 6.25. The van der Waals surface area contributed by atoms with E-state index in [0.29, 0.717) is 17.5 Å². The van der Waals surface area contributed by atoms with Crippen molar-refractivity contribution < 1.29 is 4.42 Å². The second-order valence-electron chi connectivity index (χ2n) is 16.6. The molecule has 3 aromatic heterocycles. The molecule has 11 aromatic rings. The summed E-state index contributed by atoms with van der Waals surface area (Å²) in [5, 5.41) is 7.50. The van der Waals surface area contributed by atoms with Crippen LogP contribution >= 0.6 is 0 Å². The van der Waals surface area contributed by atoms with Gasteiger partial charge in [0.05, 0.1) is 11.0 Å². The van der Waals surface area contributed by atoms with Crippen molar-refractivity contribution in [1.29, 1.82) is 0 Å². The number of para-hydroxylation sites is 2. The molecule has 0 amide bonds. The fourth-order valence-corrected chi connectivity index (χ4v) is 10.8. The Balaban J connectivity index is 1.01. The Kier molecular flexibility index (Phi) is 7.17. The summed E-state index contributed by atoms with van der Waals surface area (Å²) in [6.45, 7) is 0. The number of rotatable bonds is 4. The molecule has 0 aliphatic heterocycles. The van der Waals surface area contributed by atoms with E-state index in [9.17, 15) is 0 Å². The van der Waals surface area contributed by atoms with Gasteiger partial charge in [-0.1, -0.05) is 141 Å². The molecule has 2 aliphatic carbocycles. The average Bonchev–Trinajstić information content (AvgIpc) is 3.96. The summed E-state index contributed by atoms with van der Waals surface area (Å²) < 4.78 is 8.79. The van der Waals surface area contributed by atoms with E-state index < -0.39 is 0 Å². The molecule has 1 spiro atoms. The maximum absolute atomic E-state index is 6.28. The van der Waals surface area contributed by atoms with E-state index in [2.05, 4.69) is 120 Å². The van der Waals surface area contributed by atoms with Crippen molar-refractivity contribution in [3.05, 3.63) is 181 Å². The predicted octanol–water partition coefficient (Wildman–Crippen LogP) is 14.3. The van der Waals surface area contributed by atoms with Crippen molar-refractivity contribution in [2.45, 2.75) is 37.5 Å². The number of furan rings is 1. The number of hydrogen-bond acceptors (Lipinski definition) is 4. The molecule has 0 unspecified atom stereocenters. The van der Waals surface area contributed by atoms with Crippen molar-refractivity contribution in [2.24, 2.45) is 0 Å². The minimum atomic E-state index is 0.00700. The molecular weight excluding hydrogens is 733 g/mol. The van der Waals surface area contributed by atoms with Gasteiger partial charge in [0.15, 0.2) is 17.5 Å². The Bertz CT molecular complexity index is 3520. The van der Waals surface area contributed by atoms with E-state index in [-0.39, 0.29) is 5.41 Å². The average molecular weight is 771 g/mol. The van der Waals surface area contributed by atoms with Crippen molar-refractivity contribution in [3.8, 4) is 51.0 Å². The lowest BCUT2D eigenvalue weighted by Crippen LogP contribution is -2.28. The van der Waals surface area contributed by atoms with E-state index in [1.54, 1.807) is 0 Å². The first-order valence-electron chi connectivity index (χ1n) is 21.2. The van der Waals surface area contributed by atoms with Gasteiger partial charge in [-0.2, -0.15) is 0 Å². The first-order chi connectivity index (χ1) is 29.7. The molecule has 0 radical (unpaired) electrons. The molecule has 0 N–H and O–H groups in total. The molecule has 13 rings (SSSR count). The zero-order valence-corrected chi connectivity index (χ0v) is 32.9. The largest absolute Gasteiger partial charge is 0.456 e. The smallest absolute Gasteiger partial charge is 0.164 e. The second kappa shape index (κ2) is 12.8. The molecule has 1 saturated carbocycles. The predicted molar refractivity (Wildman–Crippen MR) is 245 cm³/mol. The molecule has 3 heterocycles. The number of aromatic nitrogens is 4. The lowest BCUT2D eigenvalue weighted by Gasteiger charge is -2.36. The molecule has 1 fully saturated rings. The summed E-state index contributed by atoms with van der Waals surface area (Å²) in [4.78, 5) is 15.2. The Morgan fingerprint density at radius 1 is 0.467 bits per heavy atom. The first-order valence-corrected chi connectivity index (χ1v) is 21.2. The van der Waals surface area contributed by atoms with Crippen LogP contribution < -0.4 is 0 Å². The number of benzene rings is 8. The summed E-state index contributed by atoms with van der Waals surface area (Å²) >= 11 is 0. The van der Waals surface area contributed by atoms with Crippen molar-refractivity contribution in [3.63, 3.8) is 0 Å². The van der Waals surface area contributed by atoms with Crippen LogP contribution in [0.5, 0.6) is 0 Å². The Morgan fingerprint density at radius 3 is 1.87 bits per heavy atom. The summed E-state index contributed by atoms with van der Waals surface area (Å²) in [5.41, 5.74) is 13.9. The van der Waals surface area contributed by atoms with Gasteiger partial charge in [-0.15, -0.1) is 0 Å². The topological polar surface area (TPSA) is 56.7 Å². The third kappa shape index (κ3) is 4.77. The molecule has 0 atom stereocenters. The van der Waals surface area contributed by atoms with Crippen LogP contribution in [0.4, 0.5) is 0 Å². The van der Waals surface area contributed by atoms with Gasteiger partial charge < -0.3 is 8.98 Å². The Morgan fingerprint density at radius 2 is 1.07 bits per heavy atom. The van der Waals surface area contributed by atoms with Gasteiger partial charge in [0.25, 0.3) is 0 Å². The molecule has 0 bridgehead atoms. The third-order valence-electron chi connectivity index (χ3n) is 13.4. The van der Waals surface area contributed by atoms with Crippen LogP contribution in [0.3, 0.4) is 0 Å². The molecule has 284 valence electrons. The second-order valence-corrected chi connectivity index (χ2v) is 16.6. The first kappa shape index (κ1) is 33.6. The van der Waals surface area contributed by atoms with E-state index in [1.807, 2.05) is 54.6 Å². The highest BCUT2D eigenvalue weighted by atomic mass is 16.3. The van der Waals surface area contributed by atoms with Crippen molar-refractivity contribution in [1.82, 2.24) is 19.5 Å². The van der Waals surface area contributed by atoms with E-state index in [1.165, 1.54) is 86.9 Å². The zero-order chi connectivity index (χ0) is 39.4. The van der Waals surface area contributed by atoms with Crippen LogP contribution in [0.15, 0.2) is 174 Å². The quantitative estimate of drug-likeness (QED) is 0.179. The maximum atomic E-state index is 6.28. The highest BCUT2D eigenvalue weighted by Gasteiger charge is 2.46. The van der Waals surface area contributed by atoms with Gasteiger partial charge in [0.1, 0.15) is 11.2 Å². The monoisotopic (exact) mass is 770 g/mol. The van der Waals surface area contributed by atoms with Crippen molar-refractivity contribution in [2.75, 3.05) is 0 Å². The zero-order valence-electron chi connectivity index (χ0n) is 32.9. The number of fused-ring (bicyclic) bond motifs is 15. The van der Waals surface area contributed by atoms with E-state index in [0.717, 1.165) is 44.3 Å². The van der Waals surface area contributed by atoms with Crippen LogP contribution in [-0.4, -0.2) is 19.5 Å². The van der Waals surface area contributed by atoms with Crippen molar-refractivity contribution >= 4 is 54.5 Å². The van der Waals surface area contributed by atoms with Crippen LogP contribution in [-0.2, 0) is 5.41 Å². The van der Waals surface area contributed by atoms with Gasteiger partial charge in [-0.25, -0.2) is 15.0 Å². The maximum Gasteiger partial charge on any atom is 0.164 e. The molecule has 2 aliphatic rings. The van der Waals surface area contributed by atoms with E-state index >= 15 is 0 Å². The van der Waals surface area contributed by atoms with Crippen LogP contribution in [0.1, 0.15) is 43.2 Å². The fraction of sp³-hybridized carbons (Fsp3) is 0.109. The minimum absolute atomic E-state index is 0.00700. The van der Waals surface area contributed by atoms with Crippen LogP contribution in [0.25, 0.3) is 105 Å². The minimum Gasteiger partial charge on any atom is -0.456 e. The Labute approximate surface area is 346 Å². The summed E-state index contributed by atoms with van der Waals surface area (Å²) in [6.07, 6.45) is 6.17. The van der Waals surface area contributed by atoms with Gasteiger partial charge in [0, 0.05) is 54.7 Å². The fourth-order valence-electron chi connectivity index (χ4n) is 10.8. The van der Waals surface area contributed by atoms with Gasteiger partial charge >= 0.3 is 0 Å². The summed E-state index contributed by atoms with van der Waals surface area (Å²) in [5.74, 6) is 1.85. The Hall–Kier alpha value is -7.37. The standard InChI is InChI=1S/C55H38N4O/c1-3-15-34(16-4-1)52-56-53(58-54(57-52)36-27-30-39-38-17-9-12-24-46(38)60-47(39)33-36)35-25-28-37(29-26-35)59-45-23-11-8-21-43(45)49-50-48(40-18-5-6-19-41(40)51(49)59)42-20-7-10-22-44(42)55(50)31-13-2-14-32-55/h1,3-12,15-30,33H,2,13-14,31-32H2. The molecule has 0 saturated heterocycles. The van der Waals surface area contributed by atoms with Gasteiger partial charge in [0.2, 0.25) is 0 Å². The number of nitrogens with zero attached hydrogens (tertiary/aromatic N) is 4. The SMILES string of the molecule is c1ccc(-c2nc(-c3ccc(-n4c5ccccc5c5c6c(c7ccccc7c54)-c4ccccc4C64CCCCC4)cc3)nc(-c3ccc4c(c3)oc3ccccc34)n2)cc1.